The molecule has 13 heavy (non-hydrogen) atoms. The van der Waals surface area contributed by atoms with Crippen LogP contribution < -0.4 is 0 Å². The number of carbonyl (C=O) groups is 1. The lowest BCUT2D eigenvalue weighted by Gasteiger charge is -2.02. The molecular weight excluding hydrogens is 343 g/mol. The van der Waals surface area contributed by atoms with Gasteiger partial charge in [-0.2, -0.15) is 0 Å². The van der Waals surface area contributed by atoms with E-state index in [9.17, 15) is 4.79 Å². The number of halogens is 2. The van der Waals surface area contributed by atoms with Crippen molar-refractivity contribution in [3.63, 3.8) is 0 Å². The van der Waals surface area contributed by atoms with Gasteiger partial charge in [0, 0.05) is 19.5 Å². The third-order valence-electron chi connectivity index (χ3n) is 2.14. The van der Waals surface area contributed by atoms with Crippen LogP contribution in [0.4, 0.5) is 0 Å². The zero-order valence-electron chi connectivity index (χ0n) is 6.89. The largest absolute Gasteiger partial charge is 0.294 e. The highest BCUT2D eigenvalue weighted by Gasteiger charge is 2.31. The Morgan fingerprint density at radius 2 is 2.15 bits per heavy atom. The molecule has 1 aliphatic rings. The molecule has 1 aliphatic carbocycles. The van der Waals surface area contributed by atoms with Crippen LogP contribution in [0, 0.1) is 9.49 Å². The summed E-state index contributed by atoms with van der Waals surface area (Å²) >= 11 is 5.63. The van der Waals surface area contributed by atoms with Crippen LogP contribution in [0.2, 0.25) is 0 Å². The second-order valence-corrected chi connectivity index (χ2v) is 5.36. The molecule has 1 fully saturated rings. The molecule has 0 radical (unpaired) electrons. The molecular formula is C10H8BrIO. The van der Waals surface area contributed by atoms with E-state index < -0.39 is 0 Å². The van der Waals surface area contributed by atoms with Gasteiger partial charge in [0.25, 0.3) is 0 Å². The first-order chi connectivity index (χ1) is 6.18. The maximum atomic E-state index is 11.7. The lowest BCUT2D eigenvalue weighted by atomic mass is 10.1. The Morgan fingerprint density at radius 3 is 2.77 bits per heavy atom. The van der Waals surface area contributed by atoms with Crippen LogP contribution in [-0.4, -0.2) is 5.78 Å². The van der Waals surface area contributed by atoms with E-state index in [1.165, 1.54) is 0 Å². The van der Waals surface area contributed by atoms with Gasteiger partial charge in [0.15, 0.2) is 5.78 Å². The minimum absolute atomic E-state index is 0.297. The van der Waals surface area contributed by atoms with Gasteiger partial charge in [0.05, 0.1) is 0 Å². The molecule has 68 valence electrons. The standard InChI is InChI=1S/C10H8BrIO/c11-9-4-3-7(12)5-8(9)10(13)6-1-2-6/h3-6H,1-2H2. The van der Waals surface area contributed by atoms with Gasteiger partial charge < -0.3 is 0 Å². The predicted molar refractivity (Wildman–Crippen MR) is 63.9 cm³/mol. The number of benzene rings is 1. The van der Waals surface area contributed by atoms with Gasteiger partial charge in [0.1, 0.15) is 0 Å². The number of Topliss-reactive ketones (excluding diaryl/α,β-unsaturated/α-hetero) is 1. The average molecular weight is 351 g/mol. The molecule has 1 saturated carbocycles. The van der Waals surface area contributed by atoms with Gasteiger partial charge >= 0.3 is 0 Å². The van der Waals surface area contributed by atoms with E-state index in [0.717, 1.165) is 26.4 Å². The molecule has 0 unspecified atom stereocenters. The van der Waals surface area contributed by atoms with Crippen molar-refractivity contribution in [1.29, 1.82) is 0 Å². The molecule has 0 amide bonds. The number of ketones is 1. The summed E-state index contributed by atoms with van der Waals surface area (Å²) in [5.41, 5.74) is 0.842. The molecule has 1 aromatic rings. The third-order valence-corrected chi connectivity index (χ3v) is 3.50. The lowest BCUT2D eigenvalue weighted by molar-refractivity contribution is 0.0967. The fourth-order valence-electron chi connectivity index (χ4n) is 1.25. The number of hydrogen-bond acceptors (Lipinski definition) is 1. The molecule has 0 aliphatic heterocycles. The molecule has 0 N–H and O–H groups in total. The molecule has 2 rings (SSSR count). The Bertz CT molecular complexity index is 358. The summed E-state index contributed by atoms with van der Waals surface area (Å²) in [5, 5.41) is 0. The number of rotatable bonds is 2. The van der Waals surface area contributed by atoms with Crippen LogP contribution in [0.15, 0.2) is 22.7 Å². The maximum Gasteiger partial charge on any atom is 0.167 e. The van der Waals surface area contributed by atoms with Crippen LogP contribution in [0.25, 0.3) is 0 Å². The zero-order chi connectivity index (χ0) is 9.42. The monoisotopic (exact) mass is 350 g/mol. The summed E-state index contributed by atoms with van der Waals surface area (Å²) < 4.78 is 2.04. The molecule has 0 spiro atoms. The van der Waals surface area contributed by atoms with Gasteiger partial charge in [-0.1, -0.05) is 15.9 Å². The number of hydrogen-bond donors (Lipinski definition) is 0. The summed E-state index contributed by atoms with van der Waals surface area (Å²) in [5.74, 6) is 0.597. The summed E-state index contributed by atoms with van der Waals surface area (Å²) in [7, 11) is 0. The molecule has 0 atom stereocenters. The second-order valence-electron chi connectivity index (χ2n) is 3.26. The van der Waals surface area contributed by atoms with E-state index >= 15 is 0 Å². The summed E-state index contributed by atoms with van der Waals surface area (Å²) in [4.78, 5) is 11.7. The number of carbonyl (C=O) groups excluding carboxylic acids is 1. The molecule has 0 bridgehead atoms. The molecule has 0 heterocycles. The van der Waals surface area contributed by atoms with Crippen molar-refractivity contribution in [1.82, 2.24) is 0 Å². The average Bonchev–Trinajstić information content (AvgIpc) is 2.91. The Morgan fingerprint density at radius 1 is 1.46 bits per heavy atom. The van der Waals surface area contributed by atoms with Gasteiger partial charge in [-0.3, -0.25) is 4.79 Å². The van der Waals surface area contributed by atoms with Crippen LogP contribution in [0.5, 0.6) is 0 Å². The van der Waals surface area contributed by atoms with Crippen molar-refractivity contribution in [3.05, 3.63) is 31.8 Å². The fraction of sp³-hybridized carbons (Fsp3) is 0.300. The van der Waals surface area contributed by atoms with Crippen molar-refractivity contribution in [2.45, 2.75) is 12.8 Å². The van der Waals surface area contributed by atoms with Crippen LogP contribution in [0.1, 0.15) is 23.2 Å². The van der Waals surface area contributed by atoms with E-state index in [2.05, 4.69) is 38.5 Å². The van der Waals surface area contributed by atoms with E-state index in [-0.39, 0.29) is 0 Å². The van der Waals surface area contributed by atoms with Crippen molar-refractivity contribution < 1.29 is 4.79 Å². The summed E-state index contributed by atoms with van der Waals surface area (Å²) in [6, 6.07) is 5.89. The molecule has 1 aromatic carbocycles. The molecule has 1 nitrogen and oxygen atoms in total. The Hall–Kier alpha value is 0.1000. The van der Waals surface area contributed by atoms with Crippen LogP contribution in [-0.2, 0) is 0 Å². The highest BCUT2D eigenvalue weighted by atomic mass is 127. The van der Waals surface area contributed by atoms with Gasteiger partial charge in [0.2, 0.25) is 0 Å². The molecule has 0 aromatic heterocycles. The van der Waals surface area contributed by atoms with Crippen molar-refractivity contribution >= 4 is 44.3 Å². The van der Waals surface area contributed by atoms with Crippen molar-refractivity contribution in [2.75, 3.05) is 0 Å². The molecule has 0 saturated heterocycles. The smallest absolute Gasteiger partial charge is 0.167 e. The first-order valence-electron chi connectivity index (χ1n) is 4.18. The first-order valence-corrected chi connectivity index (χ1v) is 6.05. The van der Waals surface area contributed by atoms with Gasteiger partial charge in [-0.05, 0) is 53.6 Å². The highest BCUT2D eigenvalue weighted by molar-refractivity contribution is 14.1. The van der Waals surface area contributed by atoms with E-state index in [0.29, 0.717) is 11.7 Å². The highest BCUT2D eigenvalue weighted by Crippen LogP contribution is 2.34. The van der Waals surface area contributed by atoms with E-state index in [1.54, 1.807) is 0 Å². The zero-order valence-corrected chi connectivity index (χ0v) is 10.6. The quantitative estimate of drug-likeness (QED) is 0.587. The topological polar surface area (TPSA) is 17.1 Å². The Balaban J connectivity index is 2.37. The van der Waals surface area contributed by atoms with E-state index in [4.69, 9.17) is 0 Å². The summed E-state index contributed by atoms with van der Waals surface area (Å²) in [6.07, 6.45) is 2.13. The predicted octanol–water partition coefficient (Wildman–Crippen LogP) is 3.65. The second kappa shape index (κ2) is 3.69. The van der Waals surface area contributed by atoms with Crippen LogP contribution in [0.3, 0.4) is 0 Å². The fourth-order valence-corrected chi connectivity index (χ4v) is 2.18. The normalized spacial score (nSPS) is 15.8. The maximum absolute atomic E-state index is 11.7. The van der Waals surface area contributed by atoms with Gasteiger partial charge in [-0.25, -0.2) is 0 Å². The Kier molecular flexibility index (Phi) is 2.74. The minimum Gasteiger partial charge on any atom is -0.294 e. The van der Waals surface area contributed by atoms with E-state index in [1.807, 2.05) is 18.2 Å². The van der Waals surface area contributed by atoms with Crippen molar-refractivity contribution in [3.8, 4) is 0 Å². The SMILES string of the molecule is O=C(c1cc(I)ccc1Br)C1CC1. The summed E-state index contributed by atoms with van der Waals surface area (Å²) in [6.45, 7) is 0. The lowest BCUT2D eigenvalue weighted by Crippen LogP contribution is -2.02. The minimum atomic E-state index is 0.297. The van der Waals surface area contributed by atoms with Gasteiger partial charge in [-0.15, -0.1) is 0 Å². The first kappa shape index (κ1) is 9.65. The molecule has 3 heteroatoms. The Labute approximate surface area is 99.2 Å². The van der Waals surface area contributed by atoms with Crippen LogP contribution >= 0.6 is 38.5 Å². The third kappa shape index (κ3) is 2.13. The van der Waals surface area contributed by atoms with Crippen molar-refractivity contribution in [2.24, 2.45) is 5.92 Å².